The average Bonchev–Trinajstić information content (AvgIpc) is 2.73. The van der Waals surface area contributed by atoms with Gasteiger partial charge in [0.25, 0.3) is 0 Å². The quantitative estimate of drug-likeness (QED) is 0.226. The first kappa shape index (κ1) is 26.6. The van der Waals surface area contributed by atoms with E-state index >= 15 is 0 Å². The van der Waals surface area contributed by atoms with Crippen LogP contribution in [0.25, 0.3) is 0 Å². The summed E-state index contributed by atoms with van der Waals surface area (Å²) in [5.74, 6) is -4.70. The average molecular weight is 450 g/mol. The van der Waals surface area contributed by atoms with Crippen molar-refractivity contribution in [3.05, 3.63) is 35.9 Å². The predicted octanol–water partition coefficient (Wildman–Crippen LogP) is -0.752. The fourth-order valence-electron chi connectivity index (χ4n) is 2.81. The highest BCUT2D eigenvalue weighted by atomic mass is 16.4. The molecule has 7 N–H and O–H groups in total. The van der Waals surface area contributed by atoms with Gasteiger partial charge >= 0.3 is 11.9 Å². The Kier molecular flexibility index (Phi) is 10.8. The highest BCUT2D eigenvalue weighted by molar-refractivity contribution is 5.94. The molecule has 11 heteroatoms. The topological polar surface area (TPSA) is 188 Å². The summed E-state index contributed by atoms with van der Waals surface area (Å²) in [6.07, 6.45) is -0.304. The lowest BCUT2D eigenvalue weighted by molar-refractivity contribution is -0.139. The molecule has 0 aliphatic carbocycles. The molecule has 0 fully saturated rings. The molecular weight excluding hydrogens is 420 g/mol. The summed E-state index contributed by atoms with van der Waals surface area (Å²) in [6, 6.07) is 5.60. The maximum absolute atomic E-state index is 13.0. The van der Waals surface area contributed by atoms with E-state index in [1.54, 1.807) is 44.2 Å². The molecule has 0 radical (unpaired) electrons. The molecule has 11 nitrogen and oxygen atoms in total. The van der Waals surface area contributed by atoms with Gasteiger partial charge in [0.1, 0.15) is 18.6 Å². The molecular formula is C21H30N4O7. The van der Waals surface area contributed by atoms with E-state index in [4.69, 9.17) is 15.9 Å². The molecule has 0 spiro atoms. The SMILES string of the molecule is CC(C)C(NC(=O)C(Cc1ccccc1)NC(=O)C(N)CCC(=O)O)C(=O)NCC(=O)O. The van der Waals surface area contributed by atoms with Crippen LogP contribution >= 0.6 is 0 Å². The van der Waals surface area contributed by atoms with Crippen LogP contribution in [0.15, 0.2) is 30.3 Å². The largest absolute Gasteiger partial charge is 0.481 e. The number of hydrogen-bond acceptors (Lipinski definition) is 6. The molecule has 0 aliphatic heterocycles. The highest BCUT2D eigenvalue weighted by Crippen LogP contribution is 2.07. The van der Waals surface area contributed by atoms with Crippen molar-refractivity contribution in [3.8, 4) is 0 Å². The Hall–Kier alpha value is -3.47. The van der Waals surface area contributed by atoms with Crippen molar-refractivity contribution >= 4 is 29.7 Å². The van der Waals surface area contributed by atoms with E-state index in [-0.39, 0.29) is 25.2 Å². The van der Waals surface area contributed by atoms with Gasteiger partial charge in [0.05, 0.1) is 6.04 Å². The Morgan fingerprint density at radius 1 is 0.906 bits per heavy atom. The molecule has 0 aromatic heterocycles. The van der Waals surface area contributed by atoms with Gasteiger partial charge < -0.3 is 31.9 Å². The zero-order valence-electron chi connectivity index (χ0n) is 18.0. The van der Waals surface area contributed by atoms with Crippen LogP contribution < -0.4 is 21.7 Å². The Morgan fingerprint density at radius 3 is 2.06 bits per heavy atom. The van der Waals surface area contributed by atoms with E-state index in [1.165, 1.54) is 0 Å². The van der Waals surface area contributed by atoms with Crippen molar-refractivity contribution in [2.75, 3.05) is 6.54 Å². The van der Waals surface area contributed by atoms with E-state index in [2.05, 4.69) is 16.0 Å². The number of nitrogens with two attached hydrogens (primary N) is 1. The Balaban J connectivity index is 2.97. The minimum absolute atomic E-state index is 0.103. The Morgan fingerprint density at radius 2 is 1.53 bits per heavy atom. The molecule has 1 aromatic carbocycles. The van der Waals surface area contributed by atoms with E-state index in [1.807, 2.05) is 0 Å². The van der Waals surface area contributed by atoms with Crippen LogP contribution in [-0.2, 0) is 30.4 Å². The molecule has 3 atom stereocenters. The van der Waals surface area contributed by atoms with Gasteiger partial charge in [0.2, 0.25) is 17.7 Å². The molecule has 176 valence electrons. The lowest BCUT2D eigenvalue weighted by Crippen LogP contribution is -2.57. The molecule has 0 aliphatic rings. The van der Waals surface area contributed by atoms with Crippen molar-refractivity contribution < 1.29 is 34.2 Å². The van der Waals surface area contributed by atoms with Gasteiger partial charge in [0.15, 0.2) is 0 Å². The number of amides is 3. The molecule has 1 rings (SSSR count). The lowest BCUT2D eigenvalue weighted by Gasteiger charge is -2.26. The van der Waals surface area contributed by atoms with Crippen LogP contribution in [0, 0.1) is 5.92 Å². The smallest absolute Gasteiger partial charge is 0.322 e. The van der Waals surface area contributed by atoms with Crippen molar-refractivity contribution in [2.45, 2.75) is 51.2 Å². The molecule has 0 bridgehead atoms. The highest BCUT2D eigenvalue weighted by Gasteiger charge is 2.30. The third-order valence-electron chi connectivity index (χ3n) is 4.58. The van der Waals surface area contributed by atoms with Crippen LogP contribution in [0.2, 0.25) is 0 Å². The summed E-state index contributed by atoms with van der Waals surface area (Å²) < 4.78 is 0. The van der Waals surface area contributed by atoms with Crippen LogP contribution in [0.4, 0.5) is 0 Å². The first-order valence-corrected chi connectivity index (χ1v) is 10.1. The number of carboxylic acid groups (broad SMARTS) is 2. The normalized spacial score (nSPS) is 13.5. The summed E-state index contributed by atoms with van der Waals surface area (Å²) in [5.41, 5.74) is 6.49. The fraction of sp³-hybridized carbons (Fsp3) is 0.476. The monoisotopic (exact) mass is 450 g/mol. The molecule has 1 aromatic rings. The summed E-state index contributed by atoms with van der Waals surface area (Å²) in [7, 11) is 0. The first-order valence-electron chi connectivity index (χ1n) is 10.1. The summed E-state index contributed by atoms with van der Waals surface area (Å²) in [6.45, 7) is 2.76. The number of aliphatic carboxylic acids is 2. The van der Waals surface area contributed by atoms with Gasteiger partial charge in [0, 0.05) is 12.8 Å². The molecule has 0 heterocycles. The van der Waals surface area contributed by atoms with Crippen LogP contribution in [-0.4, -0.2) is 64.5 Å². The standard InChI is InChI=1S/C21H30N4O7/c1-12(2)18(21(32)23-11-17(28)29)25-20(31)15(10-13-6-4-3-5-7-13)24-19(30)14(22)8-9-16(26)27/h3-7,12,14-15,18H,8-11,22H2,1-2H3,(H,23,32)(H,24,30)(H,25,31)(H,26,27)(H,28,29). The van der Waals surface area contributed by atoms with Crippen molar-refractivity contribution in [1.82, 2.24) is 16.0 Å². The second kappa shape index (κ2) is 13.1. The van der Waals surface area contributed by atoms with Gasteiger partial charge in [-0.25, -0.2) is 0 Å². The van der Waals surface area contributed by atoms with E-state index in [0.717, 1.165) is 5.56 Å². The Bertz CT molecular complexity index is 814. The first-order chi connectivity index (χ1) is 15.0. The van der Waals surface area contributed by atoms with Gasteiger partial charge in [-0.15, -0.1) is 0 Å². The number of carboxylic acids is 2. The maximum Gasteiger partial charge on any atom is 0.322 e. The van der Waals surface area contributed by atoms with Gasteiger partial charge in [-0.1, -0.05) is 44.2 Å². The van der Waals surface area contributed by atoms with Crippen LogP contribution in [0.3, 0.4) is 0 Å². The fourth-order valence-corrected chi connectivity index (χ4v) is 2.81. The number of rotatable bonds is 13. The Labute approximate surface area is 185 Å². The van der Waals surface area contributed by atoms with Crippen LogP contribution in [0.1, 0.15) is 32.3 Å². The third-order valence-corrected chi connectivity index (χ3v) is 4.58. The minimum atomic E-state index is -1.23. The second-order valence-corrected chi connectivity index (χ2v) is 7.63. The van der Waals surface area contributed by atoms with Crippen molar-refractivity contribution in [3.63, 3.8) is 0 Å². The zero-order chi connectivity index (χ0) is 24.3. The van der Waals surface area contributed by atoms with E-state index in [0.29, 0.717) is 0 Å². The predicted molar refractivity (Wildman–Crippen MR) is 114 cm³/mol. The third kappa shape index (κ3) is 9.56. The van der Waals surface area contributed by atoms with Gasteiger partial charge in [-0.05, 0) is 17.9 Å². The molecule has 0 saturated heterocycles. The molecule has 0 saturated carbocycles. The summed E-state index contributed by atoms with van der Waals surface area (Å²) in [4.78, 5) is 59.2. The van der Waals surface area contributed by atoms with E-state index in [9.17, 15) is 24.0 Å². The summed E-state index contributed by atoms with van der Waals surface area (Å²) in [5, 5.41) is 24.8. The van der Waals surface area contributed by atoms with Gasteiger partial charge in [-0.2, -0.15) is 0 Å². The number of carbonyl (C=O) groups is 5. The minimum Gasteiger partial charge on any atom is -0.481 e. The number of benzene rings is 1. The van der Waals surface area contributed by atoms with Crippen molar-refractivity contribution in [1.29, 1.82) is 0 Å². The number of hydrogen-bond donors (Lipinski definition) is 6. The molecule has 32 heavy (non-hydrogen) atoms. The number of nitrogens with one attached hydrogen (secondary N) is 3. The molecule has 3 unspecified atom stereocenters. The van der Waals surface area contributed by atoms with Crippen LogP contribution in [0.5, 0.6) is 0 Å². The second-order valence-electron chi connectivity index (χ2n) is 7.63. The zero-order valence-corrected chi connectivity index (χ0v) is 18.0. The van der Waals surface area contributed by atoms with E-state index < -0.39 is 54.3 Å². The summed E-state index contributed by atoms with van der Waals surface area (Å²) >= 11 is 0. The molecule has 3 amide bonds. The lowest BCUT2D eigenvalue weighted by atomic mass is 10.0. The maximum atomic E-state index is 13.0. The van der Waals surface area contributed by atoms with Gasteiger partial charge in [-0.3, -0.25) is 24.0 Å². The van der Waals surface area contributed by atoms with Crippen molar-refractivity contribution in [2.24, 2.45) is 11.7 Å². The number of carbonyl (C=O) groups excluding carboxylic acids is 3.